The smallest absolute Gasteiger partial charge is 0.308 e. The second-order valence-corrected chi connectivity index (χ2v) is 5.88. The molecule has 6 nitrogen and oxygen atoms in total. The Balaban J connectivity index is 1.77. The maximum atomic E-state index is 11.8. The van der Waals surface area contributed by atoms with Crippen LogP contribution in [0.3, 0.4) is 0 Å². The second-order valence-electron chi connectivity index (χ2n) is 5.44. The van der Waals surface area contributed by atoms with Crippen molar-refractivity contribution in [2.24, 2.45) is 11.8 Å². The molecule has 0 aromatic heterocycles. The number of carbonyl (C=O) groups excluding carboxylic acids is 1. The molecule has 1 saturated heterocycles. The maximum Gasteiger partial charge on any atom is 0.308 e. The highest BCUT2D eigenvalue weighted by molar-refractivity contribution is 6.30. The van der Waals surface area contributed by atoms with Gasteiger partial charge in [-0.1, -0.05) is 11.6 Å². The molecule has 0 bridgehead atoms. The van der Waals surface area contributed by atoms with Crippen LogP contribution in [0.4, 0.5) is 0 Å². The van der Waals surface area contributed by atoms with Crippen molar-refractivity contribution in [3.05, 3.63) is 29.3 Å². The Morgan fingerprint density at radius 1 is 1.30 bits per heavy atom. The molecule has 0 radical (unpaired) electrons. The number of hydrogen-bond donors (Lipinski definition) is 2. The summed E-state index contributed by atoms with van der Waals surface area (Å²) in [7, 11) is 0. The molecule has 2 rings (SSSR count). The van der Waals surface area contributed by atoms with Crippen molar-refractivity contribution in [3.63, 3.8) is 0 Å². The first-order valence-corrected chi connectivity index (χ1v) is 7.89. The zero-order valence-electron chi connectivity index (χ0n) is 12.7. The van der Waals surface area contributed by atoms with Gasteiger partial charge in [0.2, 0.25) is 0 Å². The first-order valence-electron chi connectivity index (χ1n) is 7.52. The Bertz CT molecular complexity index is 528. The normalized spacial score (nSPS) is 16.6. The minimum Gasteiger partial charge on any atom is -0.484 e. The zero-order valence-corrected chi connectivity index (χ0v) is 13.4. The molecule has 1 heterocycles. The van der Waals surface area contributed by atoms with Crippen molar-refractivity contribution in [2.75, 3.05) is 26.4 Å². The number of benzene rings is 1. The van der Waals surface area contributed by atoms with Crippen LogP contribution in [0.25, 0.3) is 0 Å². The van der Waals surface area contributed by atoms with E-state index >= 15 is 0 Å². The molecule has 126 valence electrons. The van der Waals surface area contributed by atoms with Crippen molar-refractivity contribution < 1.29 is 24.2 Å². The van der Waals surface area contributed by atoms with Gasteiger partial charge >= 0.3 is 5.97 Å². The lowest BCUT2D eigenvalue weighted by atomic mass is 9.86. The monoisotopic (exact) mass is 341 g/mol. The van der Waals surface area contributed by atoms with Crippen molar-refractivity contribution in [1.82, 2.24) is 5.32 Å². The number of nitrogens with one attached hydrogen (secondary N) is 1. The molecule has 1 aromatic rings. The minimum atomic E-state index is -0.893. The summed E-state index contributed by atoms with van der Waals surface area (Å²) >= 11 is 5.76. The van der Waals surface area contributed by atoms with Gasteiger partial charge in [-0.05, 0) is 43.0 Å². The highest BCUT2D eigenvalue weighted by Crippen LogP contribution is 2.23. The summed E-state index contributed by atoms with van der Waals surface area (Å²) in [6.07, 6.45) is 1.40. The molecule has 1 unspecified atom stereocenters. The summed E-state index contributed by atoms with van der Waals surface area (Å²) in [5.41, 5.74) is 0. The quantitative estimate of drug-likeness (QED) is 0.792. The summed E-state index contributed by atoms with van der Waals surface area (Å²) in [5.74, 6) is -1.28. The van der Waals surface area contributed by atoms with Gasteiger partial charge in [0, 0.05) is 24.8 Å². The van der Waals surface area contributed by atoms with E-state index in [1.54, 1.807) is 24.3 Å². The van der Waals surface area contributed by atoms with Crippen LogP contribution in [-0.2, 0) is 14.3 Å². The van der Waals surface area contributed by atoms with Crippen molar-refractivity contribution in [2.45, 2.75) is 12.8 Å². The average molecular weight is 342 g/mol. The van der Waals surface area contributed by atoms with Crippen LogP contribution in [0.15, 0.2) is 24.3 Å². The molecule has 1 atom stereocenters. The van der Waals surface area contributed by atoms with Gasteiger partial charge in [-0.2, -0.15) is 0 Å². The van der Waals surface area contributed by atoms with E-state index in [1.807, 2.05) is 0 Å². The molecule has 1 fully saturated rings. The molecule has 23 heavy (non-hydrogen) atoms. The number of carboxylic acids is 1. The summed E-state index contributed by atoms with van der Waals surface area (Å²) in [5, 5.41) is 12.6. The molecule has 1 aliphatic rings. The summed E-state index contributed by atoms with van der Waals surface area (Å²) < 4.78 is 10.6. The van der Waals surface area contributed by atoms with Crippen molar-refractivity contribution in [3.8, 4) is 5.75 Å². The average Bonchev–Trinajstić information content (AvgIpc) is 2.55. The van der Waals surface area contributed by atoms with Crippen LogP contribution >= 0.6 is 11.6 Å². The third-order valence-electron chi connectivity index (χ3n) is 3.85. The molecule has 0 saturated carbocycles. The molecule has 7 heteroatoms. The number of hydrogen-bond acceptors (Lipinski definition) is 4. The lowest BCUT2D eigenvalue weighted by Gasteiger charge is -2.27. The lowest BCUT2D eigenvalue weighted by Crippen LogP contribution is -2.40. The fraction of sp³-hybridized carbons (Fsp3) is 0.500. The first kappa shape index (κ1) is 17.6. The fourth-order valence-electron chi connectivity index (χ4n) is 2.53. The van der Waals surface area contributed by atoms with Gasteiger partial charge in [-0.3, -0.25) is 9.59 Å². The van der Waals surface area contributed by atoms with E-state index in [0.717, 1.165) is 0 Å². The number of amides is 1. The van der Waals surface area contributed by atoms with E-state index in [0.29, 0.717) is 36.8 Å². The van der Waals surface area contributed by atoms with E-state index in [-0.39, 0.29) is 25.0 Å². The summed E-state index contributed by atoms with van der Waals surface area (Å²) in [4.78, 5) is 23.2. The van der Waals surface area contributed by atoms with Crippen LogP contribution < -0.4 is 10.1 Å². The number of carbonyl (C=O) groups is 2. The molecule has 1 aliphatic heterocycles. The van der Waals surface area contributed by atoms with Crippen molar-refractivity contribution in [1.29, 1.82) is 0 Å². The molecular formula is C16H20ClNO5. The minimum absolute atomic E-state index is 0.0266. The fourth-order valence-corrected chi connectivity index (χ4v) is 2.65. The predicted molar refractivity (Wildman–Crippen MR) is 84.6 cm³/mol. The van der Waals surface area contributed by atoms with E-state index in [2.05, 4.69) is 5.32 Å². The van der Waals surface area contributed by atoms with E-state index < -0.39 is 11.9 Å². The third-order valence-corrected chi connectivity index (χ3v) is 4.11. The zero-order chi connectivity index (χ0) is 16.7. The van der Waals surface area contributed by atoms with Gasteiger partial charge in [0.25, 0.3) is 5.91 Å². The number of carboxylic acid groups (broad SMARTS) is 1. The second kappa shape index (κ2) is 8.74. The Morgan fingerprint density at radius 2 is 1.96 bits per heavy atom. The van der Waals surface area contributed by atoms with Crippen molar-refractivity contribution >= 4 is 23.5 Å². The van der Waals surface area contributed by atoms with Gasteiger partial charge in [-0.15, -0.1) is 0 Å². The van der Waals surface area contributed by atoms with Gasteiger partial charge in [0.15, 0.2) is 6.61 Å². The maximum absolute atomic E-state index is 11.8. The van der Waals surface area contributed by atoms with Gasteiger partial charge in [0.1, 0.15) is 5.75 Å². The molecule has 2 N–H and O–H groups in total. The standard InChI is InChI=1S/C16H20ClNO5/c17-12-1-3-13(4-2-12)23-10-15(19)18-9-14(16(20)21)11-5-7-22-8-6-11/h1-4,11,14H,5-10H2,(H,18,19)(H,20,21). The van der Waals surface area contributed by atoms with Gasteiger partial charge in [-0.25, -0.2) is 0 Å². The van der Waals surface area contributed by atoms with E-state index in [9.17, 15) is 14.7 Å². The van der Waals surface area contributed by atoms with Crippen LogP contribution in [0.2, 0.25) is 5.02 Å². The highest BCUT2D eigenvalue weighted by Gasteiger charge is 2.29. The number of ether oxygens (including phenoxy) is 2. The number of rotatable bonds is 7. The van der Waals surface area contributed by atoms with Crippen LogP contribution in [0, 0.1) is 11.8 Å². The Hall–Kier alpha value is -1.79. The summed E-state index contributed by atoms with van der Waals surface area (Å²) in [6.45, 7) is 1.08. The number of aliphatic carboxylic acids is 1. The summed E-state index contributed by atoms with van der Waals surface area (Å²) in [6, 6.07) is 6.66. The Labute approximate surface area is 139 Å². The van der Waals surface area contributed by atoms with Gasteiger partial charge in [0.05, 0.1) is 5.92 Å². The first-order chi connectivity index (χ1) is 11.1. The Kier molecular flexibility index (Phi) is 6.67. The Morgan fingerprint density at radius 3 is 2.57 bits per heavy atom. The SMILES string of the molecule is O=C(COc1ccc(Cl)cc1)NCC(C(=O)O)C1CCOCC1. The van der Waals surface area contributed by atoms with E-state index in [1.165, 1.54) is 0 Å². The number of halogens is 1. The molecule has 0 spiro atoms. The van der Waals surface area contributed by atoms with Crippen LogP contribution in [0.5, 0.6) is 5.75 Å². The molecule has 0 aliphatic carbocycles. The van der Waals surface area contributed by atoms with Crippen LogP contribution in [0.1, 0.15) is 12.8 Å². The predicted octanol–water partition coefficient (Wildman–Crippen LogP) is 1.96. The van der Waals surface area contributed by atoms with Crippen LogP contribution in [-0.4, -0.2) is 43.3 Å². The topological polar surface area (TPSA) is 84.9 Å². The third kappa shape index (κ3) is 5.73. The molecular weight excluding hydrogens is 322 g/mol. The lowest BCUT2D eigenvalue weighted by molar-refractivity contribution is -0.145. The molecule has 1 aromatic carbocycles. The van der Waals surface area contributed by atoms with E-state index in [4.69, 9.17) is 21.1 Å². The largest absolute Gasteiger partial charge is 0.484 e. The van der Waals surface area contributed by atoms with Gasteiger partial charge < -0.3 is 19.9 Å². The highest BCUT2D eigenvalue weighted by atomic mass is 35.5. The molecule has 1 amide bonds.